The Labute approximate surface area is 337 Å². The molecule has 4 aromatic carbocycles. The first-order valence-electron chi connectivity index (χ1n) is 13.1. The molecule has 0 radical (unpaired) electrons. The van der Waals surface area contributed by atoms with E-state index < -0.39 is 159 Å². The molecule has 0 bridgehead atoms. The van der Waals surface area contributed by atoms with Crippen LogP contribution in [0, 0.1) is 113 Å². The minimum atomic E-state index is -5.25. The van der Waals surface area contributed by atoms with Gasteiger partial charge >= 0.3 is 0 Å². The SMILES string of the molecule is OC(c1c(F)c(F)c(I)c(F)c1F)C(C(O)c1c(F)c(F)c(I)c(F)c1F)(C(O)c1c(F)c(F)c(I)c(F)c1F)C(O)c1c(F)c(F)c(I)c(F)c1F. The van der Waals surface area contributed by atoms with Gasteiger partial charge in [-0.25, -0.2) is 70.2 Å². The number of benzene rings is 4. The second-order valence-corrected chi connectivity index (χ2v) is 14.9. The van der Waals surface area contributed by atoms with E-state index in [9.17, 15) is 55.5 Å². The number of rotatable bonds is 8. The van der Waals surface area contributed by atoms with E-state index in [-0.39, 0.29) is 0 Å². The average Bonchev–Trinajstić information content (AvgIpc) is 3.11. The second-order valence-electron chi connectivity index (χ2n) is 10.5. The van der Waals surface area contributed by atoms with Crippen LogP contribution in [-0.4, -0.2) is 20.4 Å². The lowest BCUT2D eigenvalue weighted by Gasteiger charge is -2.48. The van der Waals surface area contributed by atoms with Gasteiger partial charge in [0.25, 0.3) is 0 Å². The van der Waals surface area contributed by atoms with Crippen LogP contribution in [0.15, 0.2) is 0 Å². The maximum absolute atomic E-state index is 15.5. The maximum atomic E-state index is 15.5. The van der Waals surface area contributed by atoms with Crippen molar-refractivity contribution in [2.24, 2.45) is 5.41 Å². The molecule has 4 unspecified atom stereocenters. The summed E-state index contributed by atoms with van der Waals surface area (Å²) in [6.07, 6.45) is -17.9. The first-order valence-corrected chi connectivity index (χ1v) is 17.4. The van der Waals surface area contributed by atoms with E-state index in [0.29, 0.717) is 90.4 Å². The number of hydrogen-bond acceptors (Lipinski definition) is 4. The molecule has 0 aliphatic heterocycles. The van der Waals surface area contributed by atoms with Gasteiger partial charge in [-0.15, -0.1) is 0 Å². The molecule has 4 aromatic rings. The Hall–Kier alpha value is -1.48. The van der Waals surface area contributed by atoms with Crippen LogP contribution in [-0.2, 0) is 0 Å². The number of hydrogen-bond donors (Lipinski definition) is 4. The Balaban J connectivity index is 2.43. The molecule has 0 saturated carbocycles. The highest BCUT2D eigenvalue weighted by Crippen LogP contribution is 2.62. The van der Waals surface area contributed by atoms with Gasteiger partial charge in [-0.1, -0.05) is 0 Å². The zero-order chi connectivity index (χ0) is 40.7. The van der Waals surface area contributed by atoms with Gasteiger partial charge in [0.1, 0.15) is 0 Å². The third kappa shape index (κ3) is 6.57. The van der Waals surface area contributed by atoms with Crippen LogP contribution in [0.2, 0.25) is 0 Å². The lowest BCUT2D eigenvalue weighted by molar-refractivity contribution is -0.210. The van der Waals surface area contributed by atoms with Gasteiger partial charge in [0.05, 0.1) is 66.4 Å². The monoisotopic (exact) mass is 1230 g/mol. The maximum Gasteiger partial charge on any atom is 0.175 e. The smallest absolute Gasteiger partial charge is 0.175 e. The summed E-state index contributed by atoms with van der Waals surface area (Å²) >= 11 is 2.39. The van der Waals surface area contributed by atoms with Crippen molar-refractivity contribution in [2.45, 2.75) is 24.4 Å². The molecule has 0 amide bonds. The molecular formula is C29H8F16I4O4. The normalized spacial score (nSPS) is 15.4. The summed E-state index contributed by atoms with van der Waals surface area (Å²) in [5, 5.41) is 46.2. The van der Waals surface area contributed by atoms with Crippen molar-refractivity contribution < 1.29 is 90.7 Å². The fraction of sp³-hybridized carbons (Fsp3) is 0.172. The summed E-state index contributed by atoms with van der Waals surface area (Å²) in [7, 11) is 0. The molecule has 24 heteroatoms. The van der Waals surface area contributed by atoms with Crippen molar-refractivity contribution in [2.75, 3.05) is 0 Å². The minimum absolute atomic E-state index is 0.596. The molecule has 0 heterocycles. The summed E-state index contributed by atoms with van der Waals surface area (Å²) in [4.78, 5) is 0. The van der Waals surface area contributed by atoms with Crippen molar-refractivity contribution in [1.82, 2.24) is 0 Å². The van der Waals surface area contributed by atoms with Crippen LogP contribution < -0.4 is 0 Å². The van der Waals surface area contributed by atoms with Crippen LogP contribution in [0.4, 0.5) is 70.2 Å². The van der Waals surface area contributed by atoms with E-state index in [2.05, 4.69) is 0 Å². The Bertz CT molecular complexity index is 1780. The third-order valence-electron chi connectivity index (χ3n) is 7.96. The van der Waals surface area contributed by atoms with E-state index in [0.717, 1.165) is 0 Å². The first kappa shape index (κ1) is 44.2. The summed E-state index contributed by atoms with van der Waals surface area (Å²) < 4.78 is 236. The van der Waals surface area contributed by atoms with E-state index in [1.165, 1.54) is 0 Å². The van der Waals surface area contributed by atoms with E-state index in [4.69, 9.17) is 0 Å². The van der Waals surface area contributed by atoms with Crippen molar-refractivity contribution in [3.8, 4) is 0 Å². The molecule has 0 fully saturated rings. The molecule has 4 N–H and O–H groups in total. The van der Waals surface area contributed by atoms with Gasteiger partial charge in [-0.2, -0.15) is 0 Å². The quantitative estimate of drug-likeness (QED) is 0.0614. The molecule has 0 aromatic heterocycles. The molecule has 4 atom stereocenters. The van der Waals surface area contributed by atoms with E-state index in [1.54, 1.807) is 0 Å². The summed E-state index contributed by atoms with van der Waals surface area (Å²) in [6, 6.07) is 0. The third-order valence-corrected chi connectivity index (χ3v) is 11.8. The fourth-order valence-electron chi connectivity index (χ4n) is 5.35. The first-order chi connectivity index (χ1) is 24.3. The number of halogens is 20. The van der Waals surface area contributed by atoms with Gasteiger partial charge in [0.2, 0.25) is 0 Å². The molecule has 288 valence electrons. The average molecular weight is 1230 g/mol. The molecule has 4 nitrogen and oxygen atoms in total. The van der Waals surface area contributed by atoms with Gasteiger partial charge in [-0.3, -0.25) is 0 Å². The lowest BCUT2D eigenvalue weighted by Crippen LogP contribution is -2.49. The van der Waals surface area contributed by atoms with Gasteiger partial charge in [-0.05, 0) is 90.4 Å². The van der Waals surface area contributed by atoms with Gasteiger partial charge in [0, 0.05) is 0 Å². The summed E-state index contributed by atoms with van der Waals surface area (Å²) in [5.74, 6) is -43.7. The zero-order valence-electron chi connectivity index (χ0n) is 24.2. The highest BCUT2D eigenvalue weighted by molar-refractivity contribution is 14.1. The summed E-state index contributed by atoms with van der Waals surface area (Å²) in [5.41, 5.74) is -16.2. The molecular weight excluding hydrogens is 1220 g/mol. The molecule has 4 rings (SSSR count). The minimum Gasteiger partial charge on any atom is -0.387 e. The lowest BCUT2D eigenvalue weighted by atomic mass is 9.61. The zero-order valence-corrected chi connectivity index (χ0v) is 32.8. The van der Waals surface area contributed by atoms with Crippen LogP contribution in [0.5, 0.6) is 0 Å². The van der Waals surface area contributed by atoms with Crippen molar-refractivity contribution in [3.05, 3.63) is 130 Å². The van der Waals surface area contributed by atoms with Crippen LogP contribution >= 0.6 is 90.4 Å². The fourth-order valence-corrected chi connectivity index (χ4v) is 7.24. The van der Waals surface area contributed by atoms with E-state index >= 15 is 35.1 Å². The second kappa shape index (κ2) is 15.8. The molecule has 0 saturated heterocycles. The van der Waals surface area contributed by atoms with Crippen molar-refractivity contribution in [3.63, 3.8) is 0 Å². The number of aliphatic hydroxyl groups is 4. The largest absolute Gasteiger partial charge is 0.387 e. The molecule has 0 aliphatic carbocycles. The predicted molar refractivity (Wildman–Crippen MR) is 178 cm³/mol. The Morgan fingerprint density at radius 3 is 0.491 bits per heavy atom. The highest BCUT2D eigenvalue weighted by atomic mass is 127. The Morgan fingerprint density at radius 1 is 0.264 bits per heavy atom. The van der Waals surface area contributed by atoms with Crippen LogP contribution in [0.1, 0.15) is 46.7 Å². The van der Waals surface area contributed by atoms with Crippen molar-refractivity contribution >= 4 is 90.4 Å². The Morgan fingerprint density at radius 2 is 0.377 bits per heavy atom. The molecule has 0 spiro atoms. The Kier molecular flexibility index (Phi) is 13.2. The highest BCUT2D eigenvalue weighted by Gasteiger charge is 2.63. The predicted octanol–water partition coefficient (Wildman–Crippen LogP) is 9.55. The summed E-state index contributed by atoms with van der Waals surface area (Å²) in [6.45, 7) is 0. The van der Waals surface area contributed by atoms with Crippen LogP contribution in [0.3, 0.4) is 0 Å². The van der Waals surface area contributed by atoms with Gasteiger partial charge < -0.3 is 20.4 Å². The van der Waals surface area contributed by atoms with Crippen molar-refractivity contribution in [1.29, 1.82) is 0 Å². The topological polar surface area (TPSA) is 80.9 Å². The van der Waals surface area contributed by atoms with Gasteiger partial charge in [0.15, 0.2) is 93.1 Å². The standard InChI is InChI=1S/C29H8F16I4O4/c30-5-1(6(31)14(39)21(46)13(5)38)25(50)29(26(51)2-7(32)15(40)22(47)16(41)8(2)33,27(52)3-9(34)17(42)23(48)18(43)10(3)35)28(53)4-11(36)19(44)24(49)20(45)12(4)37/h25-28,50-53H. The molecule has 53 heavy (non-hydrogen) atoms. The number of aliphatic hydroxyl groups excluding tert-OH is 4. The van der Waals surface area contributed by atoms with E-state index in [1.807, 2.05) is 0 Å². The van der Waals surface area contributed by atoms with Crippen LogP contribution in [0.25, 0.3) is 0 Å². The molecule has 0 aliphatic rings.